The second-order valence-corrected chi connectivity index (χ2v) is 6.68. The fourth-order valence-corrected chi connectivity index (χ4v) is 2.59. The molecule has 0 aliphatic heterocycles. The lowest BCUT2D eigenvalue weighted by atomic mass is 10.2. The Bertz CT molecular complexity index is 1020. The maximum Gasteiger partial charge on any atom is 0.0501 e. The Morgan fingerprint density at radius 1 is 0.467 bits per heavy atom. The molecule has 0 atom stereocenters. The number of aromatic nitrogens is 4. The van der Waals surface area contributed by atoms with E-state index in [0.717, 1.165) is 28.5 Å². The van der Waals surface area contributed by atoms with Gasteiger partial charge in [0.25, 0.3) is 0 Å². The first-order valence-corrected chi connectivity index (χ1v) is 9.29. The highest BCUT2D eigenvalue weighted by molar-refractivity contribution is 5.40. The number of rotatable bonds is 4. The maximum absolute atomic E-state index is 5.66. The third-order valence-electron chi connectivity index (χ3n) is 4.11. The van der Waals surface area contributed by atoms with E-state index in [1.807, 2.05) is 42.5 Å². The average molecular weight is 400 g/mol. The van der Waals surface area contributed by atoms with Crippen LogP contribution in [0.3, 0.4) is 0 Å². The average Bonchev–Trinajstić information content (AvgIpc) is 2.74. The summed E-state index contributed by atoms with van der Waals surface area (Å²) in [5.74, 6) is 0. The van der Waals surface area contributed by atoms with E-state index < -0.39 is 0 Å². The number of nitrogens with zero attached hydrogens (tertiary/aromatic N) is 4. The summed E-state index contributed by atoms with van der Waals surface area (Å²) in [6.45, 7) is 0. The quantitative estimate of drug-likeness (QED) is 0.407. The van der Waals surface area contributed by atoms with Crippen molar-refractivity contribution in [3.05, 3.63) is 96.1 Å². The van der Waals surface area contributed by atoms with Crippen molar-refractivity contribution >= 4 is 22.7 Å². The molecule has 0 amide bonds. The number of nitrogens with two attached hydrogens (primary N) is 4. The largest absolute Gasteiger partial charge is 0.399 e. The SMILES string of the molecule is Nc1ccc(Cc2cc(N)ccn2)nc1.Nc1ccc(Cc2ccc(N)cn2)nc1. The van der Waals surface area contributed by atoms with Crippen molar-refractivity contribution in [1.82, 2.24) is 19.9 Å². The minimum atomic E-state index is 0.666. The highest BCUT2D eigenvalue weighted by Gasteiger charge is 2.00. The van der Waals surface area contributed by atoms with Gasteiger partial charge < -0.3 is 22.9 Å². The Balaban J connectivity index is 0.000000171. The molecule has 0 aliphatic rings. The van der Waals surface area contributed by atoms with Crippen LogP contribution in [0.5, 0.6) is 0 Å². The van der Waals surface area contributed by atoms with Gasteiger partial charge in [0.1, 0.15) is 0 Å². The molecule has 30 heavy (non-hydrogen) atoms. The van der Waals surface area contributed by atoms with Crippen LogP contribution >= 0.6 is 0 Å². The zero-order chi connectivity index (χ0) is 21.3. The Hall–Kier alpha value is -4.20. The van der Waals surface area contributed by atoms with Crippen LogP contribution in [0.1, 0.15) is 22.8 Å². The van der Waals surface area contributed by atoms with Crippen molar-refractivity contribution in [1.29, 1.82) is 0 Å². The molecular formula is C22H24N8. The van der Waals surface area contributed by atoms with Crippen LogP contribution in [0.4, 0.5) is 22.7 Å². The summed E-state index contributed by atoms with van der Waals surface area (Å²) in [5, 5.41) is 0. The molecule has 4 rings (SSSR count). The number of anilines is 4. The molecule has 4 heterocycles. The summed E-state index contributed by atoms with van der Waals surface area (Å²) < 4.78 is 0. The van der Waals surface area contributed by atoms with Crippen LogP contribution < -0.4 is 22.9 Å². The fourth-order valence-electron chi connectivity index (χ4n) is 2.59. The maximum atomic E-state index is 5.66. The van der Waals surface area contributed by atoms with Gasteiger partial charge in [-0.2, -0.15) is 0 Å². The molecule has 0 bridgehead atoms. The van der Waals surface area contributed by atoms with E-state index in [9.17, 15) is 0 Å². The lowest BCUT2D eigenvalue weighted by molar-refractivity contribution is 1.01. The molecular weight excluding hydrogens is 376 g/mol. The number of nitrogen functional groups attached to an aromatic ring is 4. The van der Waals surface area contributed by atoms with Gasteiger partial charge in [-0.1, -0.05) is 0 Å². The summed E-state index contributed by atoms with van der Waals surface area (Å²) >= 11 is 0. The van der Waals surface area contributed by atoms with Crippen LogP contribution in [0.15, 0.2) is 73.3 Å². The first-order valence-electron chi connectivity index (χ1n) is 9.29. The minimum Gasteiger partial charge on any atom is -0.399 e. The number of hydrogen-bond donors (Lipinski definition) is 4. The van der Waals surface area contributed by atoms with Crippen molar-refractivity contribution in [2.24, 2.45) is 0 Å². The molecule has 0 aromatic carbocycles. The first-order chi connectivity index (χ1) is 14.5. The van der Waals surface area contributed by atoms with E-state index in [1.165, 1.54) is 0 Å². The molecule has 4 aromatic rings. The van der Waals surface area contributed by atoms with Crippen molar-refractivity contribution in [3.63, 3.8) is 0 Å². The number of hydrogen-bond acceptors (Lipinski definition) is 8. The minimum absolute atomic E-state index is 0.666. The van der Waals surface area contributed by atoms with Crippen LogP contribution in [0.2, 0.25) is 0 Å². The second kappa shape index (κ2) is 9.83. The molecule has 8 nitrogen and oxygen atoms in total. The topological polar surface area (TPSA) is 156 Å². The van der Waals surface area contributed by atoms with Gasteiger partial charge in [-0.15, -0.1) is 0 Å². The van der Waals surface area contributed by atoms with Gasteiger partial charge in [0.05, 0.1) is 35.7 Å². The van der Waals surface area contributed by atoms with Crippen LogP contribution in [0, 0.1) is 0 Å². The van der Waals surface area contributed by atoms with E-state index in [1.54, 1.807) is 30.9 Å². The van der Waals surface area contributed by atoms with Gasteiger partial charge in [-0.3, -0.25) is 19.9 Å². The smallest absolute Gasteiger partial charge is 0.0501 e. The van der Waals surface area contributed by atoms with Gasteiger partial charge in [-0.05, 0) is 48.5 Å². The normalized spacial score (nSPS) is 10.1. The third-order valence-corrected chi connectivity index (χ3v) is 4.11. The molecule has 0 aliphatic carbocycles. The van der Waals surface area contributed by atoms with Crippen LogP contribution in [-0.2, 0) is 12.8 Å². The van der Waals surface area contributed by atoms with E-state index >= 15 is 0 Å². The molecule has 4 aromatic heterocycles. The Labute approximate surface area is 175 Å². The Kier molecular flexibility index (Phi) is 6.73. The van der Waals surface area contributed by atoms with Crippen LogP contribution in [0.25, 0.3) is 0 Å². The predicted molar refractivity (Wildman–Crippen MR) is 120 cm³/mol. The molecule has 0 spiro atoms. The molecule has 0 saturated heterocycles. The van der Waals surface area contributed by atoms with Crippen molar-refractivity contribution in [3.8, 4) is 0 Å². The summed E-state index contributed by atoms with van der Waals surface area (Å²) in [4.78, 5) is 16.8. The second-order valence-electron chi connectivity index (χ2n) is 6.68. The zero-order valence-corrected chi connectivity index (χ0v) is 16.4. The van der Waals surface area contributed by atoms with Crippen LogP contribution in [-0.4, -0.2) is 19.9 Å². The van der Waals surface area contributed by atoms with Gasteiger partial charge >= 0.3 is 0 Å². The highest BCUT2D eigenvalue weighted by atomic mass is 14.8. The van der Waals surface area contributed by atoms with E-state index in [2.05, 4.69) is 19.9 Å². The standard InChI is InChI=1S/2C11H12N4/c12-8-1-3-10(14-6-8)5-11-4-2-9(13)7-15-11;12-8-3-4-14-11(5-8)6-10-2-1-9(13)7-15-10/h1-4,6-7H,5,12-13H2;1-5,7H,6,13H2,(H2,12,14). The molecule has 8 heteroatoms. The first kappa shape index (κ1) is 20.5. The summed E-state index contributed by atoms with van der Waals surface area (Å²) in [7, 11) is 0. The fraction of sp³-hybridized carbons (Fsp3) is 0.0909. The lowest BCUT2D eigenvalue weighted by Gasteiger charge is -2.01. The van der Waals surface area contributed by atoms with Crippen molar-refractivity contribution in [2.75, 3.05) is 22.9 Å². The molecule has 0 saturated carbocycles. The summed E-state index contributed by atoms with van der Waals surface area (Å²) in [6, 6.07) is 14.8. The molecule has 0 fully saturated rings. The van der Waals surface area contributed by atoms with Crippen molar-refractivity contribution in [2.45, 2.75) is 12.8 Å². The molecule has 0 unspecified atom stereocenters. The van der Waals surface area contributed by atoms with Crippen molar-refractivity contribution < 1.29 is 0 Å². The summed E-state index contributed by atoms with van der Waals surface area (Å²) in [6.07, 6.45) is 7.99. The zero-order valence-electron chi connectivity index (χ0n) is 16.4. The van der Waals surface area contributed by atoms with Gasteiger partial charge in [0, 0.05) is 47.5 Å². The van der Waals surface area contributed by atoms with E-state index in [-0.39, 0.29) is 0 Å². The predicted octanol–water partition coefficient (Wildman–Crippen LogP) is 2.46. The van der Waals surface area contributed by atoms with Gasteiger partial charge in [0.15, 0.2) is 0 Å². The lowest BCUT2D eigenvalue weighted by Crippen LogP contribution is -1.97. The molecule has 8 N–H and O–H groups in total. The molecule has 0 radical (unpaired) electrons. The number of pyridine rings is 4. The highest BCUT2D eigenvalue weighted by Crippen LogP contribution is 2.10. The van der Waals surface area contributed by atoms with E-state index in [0.29, 0.717) is 29.9 Å². The van der Waals surface area contributed by atoms with Gasteiger partial charge in [0.2, 0.25) is 0 Å². The van der Waals surface area contributed by atoms with Gasteiger partial charge in [-0.25, -0.2) is 0 Å². The Morgan fingerprint density at radius 3 is 1.27 bits per heavy atom. The Morgan fingerprint density at radius 2 is 0.900 bits per heavy atom. The summed E-state index contributed by atoms with van der Waals surface area (Å²) in [5.41, 5.74) is 28.8. The third kappa shape index (κ3) is 6.45. The molecule has 152 valence electrons. The monoisotopic (exact) mass is 400 g/mol. The van der Waals surface area contributed by atoms with E-state index in [4.69, 9.17) is 22.9 Å².